The lowest BCUT2D eigenvalue weighted by molar-refractivity contribution is -0.121. The van der Waals surface area contributed by atoms with E-state index in [4.69, 9.17) is 17.0 Å². The average Bonchev–Trinajstić information content (AvgIpc) is 2.60. The number of hydrogen-bond acceptors (Lipinski definition) is 4. The second kappa shape index (κ2) is 8.64. The molecule has 2 aromatic carbocycles. The SMILES string of the molecule is Cc1ccc(OCC(=O)NC(=S)NNC(=O)c2ccccc2)cc1. The normalized spacial score (nSPS) is 9.71. The highest BCUT2D eigenvalue weighted by atomic mass is 32.1. The van der Waals surface area contributed by atoms with Crippen LogP contribution in [0.25, 0.3) is 0 Å². The number of rotatable bonds is 4. The number of nitrogens with one attached hydrogen (secondary N) is 3. The van der Waals surface area contributed by atoms with Crippen molar-refractivity contribution in [2.24, 2.45) is 0 Å². The molecule has 0 atom stereocenters. The third-order valence-electron chi connectivity index (χ3n) is 2.97. The molecule has 2 amide bonds. The molecule has 124 valence electrons. The first-order chi connectivity index (χ1) is 11.5. The van der Waals surface area contributed by atoms with Gasteiger partial charge in [-0.15, -0.1) is 0 Å². The molecule has 0 spiro atoms. The van der Waals surface area contributed by atoms with E-state index in [1.807, 2.05) is 25.1 Å². The monoisotopic (exact) mass is 343 g/mol. The Morgan fingerprint density at radius 1 is 1.00 bits per heavy atom. The van der Waals surface area contributed by atoms with Crippen molar-refractivity contribution in [2.75, 3.05) is 6.61 Å². The maximum Gasteiger partial charge on any atom is 0.269 e. The molecule has 0 heterocycles. The van der Waals surface area contributed by atoms with Gasteiger partial charge in [-0.25, -0.2) is 0 Å². The second-order valence-electron chi connectivity index (χ2n) is 4.92. The summed E-state index contributed by atoms with van der Waals surface area (Å²) in [7, 11) is 0. The van der Waals surface area contributed by atoms with Gasteiger partial charge < -0.3 is 4.74 Å². The molecule has 0 fully saturated rings. The molecule has 3 N–H and O–H groups in total. The molecular weight excluding hydrogens is 326 g/mol. The third kappa shape index (κ3) is 5.69. The summed E-state index contributed by atoms with van der Waals surface area (Å²) in [5.41, 5.74) is 6.44. The fourth-order valence-electron chi connectivity index (χ4n) is 1.75. The van der Waals surface area contributed by atoms with Crippen molar-refractivity contribution in [3.8, 4) is 5.75 Å². The highest BCUT2D eigenvalue weighted by Gasteiger charge is 2.08. The predicted molar refractivity (Wildman–Crippen MR) is 94.5 cm³/mol. The first kappa shape index (κ1) is 17.4. The number of amides is 2. The average molecular weight is 343 g/mol. The van der Waals surface area contributed by atoms with Gasteiger partial charge in [0.2, 0.25) is 0 Å². The first-order valence-electron chi connectivity index (χ1n) is 7.19. The Hall–Kier alpha value is -2.93. The predicted octanol–water partition coefficient (Wildman–Crippen LogP) is 1.71. The number of carbonyl (C=O) groups excluding carboxylic acids is 2. The summed E-state index contributed by atoms with van der Waals surface area (Å²) in [5.74, 6) is -0.197. The van der Waals surface area contributed by atoms with E-state index in [2.05, 4.69) is 16.2 Å². The molecule has 2 aromatic rings. The minimum atomic E-state index is -0.429. The van der Waals surface area contributed by atoms with Crippen LogP contribution in [0.15, 0.2) is 54.6 Å². The smallest absolute Gasteiger partial charge is 0.269 e. The van der Waals surface area contributed by atoms with Gasteiger partial charge in [-0.1, -0.05) is 35.9 Å². The van der Waals surface area contributed by atoms with Crippen LogP contribution in [0.3, 0.4) is 0 Å². The number of thiocarbonyl (C=S) groups is 1. The van der Waals surface area contributed by atoms with E-state index in [0.29, 0.717) is 11.3 Å². The zero-order valence-electron chi connectivity index (χ0n) is 13.0. The van der Waals surface area contributed by atoms with Crippen molar-refractivity contribution in [2.45, 2.75) is 6.92 Å². The largest absolute Gasteiger partial charge is 0.484 e. The van der Waals surface area contributed by atoms with Gasteiger partial charge in [0, 0.05) is 5.56 Å². The second-order valence-corrected chi connectivity index (χ2v) is 5.33. The molecule has 0 aliphatic rings. The summed E-state index contributed by atoms with van der Waals surface area (Å²) in [5, 5.41) is 2.39. The fourth-order valence-corrected chi connectivity index (χ4v) is 1.92. The standard InChI is InChI=1S/C17H17N3O3S/c1-12-7-9-14(10-8-12)23-11-15(21)18-17(24)20-19-16(22)13-5-3-2-4-6-13/h2-10H,11H2,1H3,(H,19,22)(H2,18,20,21,24). The number of carbonyl (C=O) groups is 2. The van der Waals surface area contributed by atoms with E-state index in [9.17, 15) is 9.59 Å². The molecule has 0 aromatic heterocycles. The van der Waals surface area contributed by atoms with Gasteiger partial charge in [-0.3, -0.25) is 25.8 Å². The summed E-state index contributed by atoms with van der Waals surface area (Å²) in [6.45, 7) is 1.78. The first-order valence-corrected chi connectivity index (χ1v) is 7.60. The maximum absolute atomic E-state index is 11.8. The van der Waals surface area contributed by atoms with Gasteiger partial charge in [0.1, 0.15) is 5.75 Å². The quantitative estimate of drug-likeness (QED) is 0.582. The molecule has 0 aliphatic carbocycles. The highest BCUT2D eigenvalue weighted by molar-refractivity contribution is 7.80. The van der Waals surface area contributed by atoms with Crippen LogP contribution in [-0.2, 0) is 4.79 Å². The van der Waals surface area contributed by atoms with Gasteiger partial charge in [-0.05, 0) is 43.4 Å². The fraction of sp³-hybridized carbons (Fsp3) is 0.118. The van der Waals surface area contributed by atoms with Crippen LogP contribution in [0.4, 0.5) is 0 Å². The lowest BCUT2D eigenvalue weighted by atomic mass is 10.2. The van der Waals surface area contributed by atoms with Crippen molar-refractivity contribution in [3.63, 3.8) is 0 Å². The minimum Gasteiger partial charge on any atom is -0.484 e. The molecule has 0 unspecified atom stereocenters. The zero-order valence-corrected chi connectivity index (χ0v) is 13.9. The topological polar surface area (TPSA) is 79.5 Å². The Bertz CT molecular complexity index is 718. The van der Waals surface area contributed by atoms with Crippen LogP contribution < -0.4 is 20.9 Å². The number of hydrogen-bond donors (Lipinski definition) is 3. The number of aryl methyl sites for hydroxylation is 1. The molecular formula is C17H17N3O3S. The van der Waals surface area contributed by atoms with Crippen LogP contribution >= 0.6 is 12.2 Å². The van der Waals surface area contributed by atoms with E-state index in [1.165, 1.54) is 0 Å². The van der Waals surface area contributed by atoms with E-state index in [1.54, 1.807) is 36.4 Å². The summed E-state index contributed by atoms with van der Waals surface area (Å²) < 4.78 is 5.33. The zero-order chi connectivity index (χ0) is 17.4. The van der Waals surface area contributed by atoms with Crippen LogP contribution in [0.5, 0.6) is 5.75 Å². The van der Waals surface area contributed by atoms with E-state index < -0.39 is 5.91 Å². The number of benzene rings is 2. The number of hydrazine groups is 1. The molecule has 0 radical (unpaired) electrons. The number of ether oxygens (including phenoxy) is 1. The molecule has 6 nitrogen and oxygen atoms in total. The van der Waals surface area contributed by atoms with Crippen molar-refractivity contribution in [1.29, 1.82) is 0 Å². The lowest BCUT2D eigenvalue weighted by Crippen LogP contribution is -2.49. The van der Waals surface area contributed by atoms with Crippen LogP contribution in [0.2, 0.25) is 0 Å². The van der Waals surface area contributed by atoms with Crippen LogP contribution in [-0.4, -0.2) is 23.5 Å². The summed E-state index contributed by atoms with van der Waals surface area (Å²) in [6, 6.07) is 16.0. The van der Waals surface area contributed by atoms with Crippen LogP contribution in [0, 0.1) is 6.92 Å². The van der Waals surface area contributed by atoms with Crippen molar-refractivity contribution in [3.05, 3.63) is 65.7 Å². The molecule has 0 aliphatic heterocycles. The Balaban J connectivity index is 1.70. The van der Waals surface area contributed by atoms with Gasteiger partial charge in [0.25, 0.3) is 11.8 Å². The van der Waals surface area contributed by atoms with Gasteiger partial charge in [0.15, 0.2) is 11.7 Å². The van der Waals surface area contributed by atoms with Crippen molar-refractivity contribution in [1.82, 2.24) is 16.2 Å². The Kier molecular flexibility index (Phi) is 6.27. The molecule has 0 saturated heterocycles. The van der Waals surface area contributed by atoms with Crippen LogP contribution in [0.1, 0.15) is 15.9 Å². The Labute approximate surface area is 145 Å². The van der Waals surface area contributed by atoms with E-state index >= 15 is 0 Å². The summed E-state index contributed by atoms with van der Waals surface area (Å²) in [4.78, 5) is 23.5. The van der Waals surface area contributed by atoms with Crippen molar-refractivity contribution < 1.29 is 14.3 Å². The van der Waals surface area contributed by atoms with E-state index in [-0.39, 0.29) is 17.6 Å². The molecule has 0 saturated carbocycles. The Morgan fingerprint density at radius 2 is 1.67 bits per heavy atom. The van der Waals surface area contributed by atoms with Gasteiger partial charge in [-0.2, -0.15) is 0 Å². The van der Waals surface area contributed by atoms with Gasteiger partial charge in [0.05, 0.1) is 0 Å². The molecule has 24 heavy (non-hydrogen) atoms. The molecule has 2 rings (SSSR count). The van der Waals surface area contributed by atoms with Crippen molar-refractivity contribution >= 4 is 29.1 Å². The summed E-state index contributed by atoms with van der Waals surface area (Å²) >= 11 is 4.93. The molecule has 7 heteroatoms. The lowest BCUT2D eigenvalue weighted by Gasteiger charge is -2.11. The Morgan fingerprint density at radius 3 is 2.33 bits per heavy atom. The highest BCUT2D eigenvalue weighted by Crippen LogP contribution is 2.10. The van der Waals surface area contributed by atoms with Gasteiger partial charge >= 0.3 is 0 Å². The third-order valence-corrected chi connectivity index (χ3v) is 3.17. The minimum absolute atomic E-state index is 0.0169. The summed E-state index contributed by atoms with van der Waals surface area (Å²) in [6.07, 6.45) is 0. The molecule has 0 bridgehead atoms. The maximum atomic E-state index is 11.8. The van der Waals surface area contributed by atoms with E-state index in [0.717, 1.165) is 5.56 Å².